The van der Waals surface area contributed by atoms with Crippen molar-refractivity contribution in [2.24, 2.45) is 0 Å². The van der Waals surface area contributed by atoms with Gasteiger partial charge >= 0.3 is 0 Å². The summed E-state index contributed by atoms with van der Waals surface area (Å²) in [7, 11) is -6.92. The van der Waals surface area contributed by atoms with Crippen LogP contribution in [0.15, 0.2) is 52.3 Å². The number of sulfonamides is 1. The molecule has 0 bridgehead atoms. The molecule has 0 heterocycles. The summed E-state index contributed by atoms with van der Waals surface area (Å²) in [6, 6.07) is 11.1. The third kappa shape index (κ3) is 4.16. The largest absolute Gasteiger partial charge is 0.241 e. The van der Waals surface area contributed by atoms with Crippen molar-refractivity contribution in [3.63, 3.8) is 0 Å². The Kier molecular flexibility index (Phi) is 5.23. The van der Waals surface area contributed by atoms with E-state index in [2.05, 4.69) is 4.72 Å². The molecule has 1 N–H and O–H groups in total. The van der Waals surface area contributed by atoms with Crippen molar-refractivity contribution >= 4 is 19.9 Å². The Morgan fingerprint density at radius 3 is 2.04 bits per heavy atom. The first kappa shape index (κ1) is 19.1. The molecule has 2 aromatic rings. The van der Waals surface area contributed by atoms with Gasteiger partial charge in [0.25, 0.3) is 0 Å². The van der Waals surface area contributed by atoms with Crippen LogP contribution in [0.5, 0.6) is 0 Å². The molecule has 1 aliphatic carbocycles. The minimum absolute atomic E-state index is 0.214. The summed E-state index contributed by atoms with van der Waals surface area (Å²) in [6.07, 6.45) is 5.31. The van der Waals surface area contributed by atoms with E-state index in [1.54, 1.807) is 31.2 Å². The van der Waals surface area contributed by atoms with Crippen molar-refractivity contribution < 1.29 is 16.8 Å². The van der Waals surface area contributed by atoms with E-state index in [4.69, 9.17) is 0 Å². The van der Waals surface area contributed by atoms with E-state index in [-0.39, 0.29) is 9.79 Å². The Labute approximate surface area is 155 Å². The number of aryl methyl sites for hydroxylation is 2. The summed E-state index contributed by atoms with van der Waals surface area (Å²) in [6.45, 7) is 1.74. The lowest BCUT2D eigenvalue weighted by Gasteiger charge is -2.18. The minimum atomic E-state index is -3.65. The summed E-state index contributed by atoms with van der Waals surface area (Å²) in [5.74, 6) is 0. The monoisotopic (exact) mass is 393 g/mol. The number of benzene rings is 2. The molecule has 2 aromatic carbocycles. The van der Waals surface area contributed by atoms with Crippen LogP contribution in [0.25, 0.3) is 0 Å². The Morgan fingerprint density at radius 1 is 0.846 bits per heavy atom. The Bertz CT molecular complexity index is 1010. The highest BCUT2D eigenvalue weighted by atomic mass is 32.2. The Hall–Kier alpha value is -1.70. The molecule has 0 spiro atoms. The van der Waals surface area contributed by atoms with E-state index >= 15 is 0 Å². The molecular weight excluding hydrogens is 370 g/mol. The van der Waals surface area contributed by atoms with E-state index in [1.165, 1.54) is 17.7 Å². The lowest BCUT2D eigenvalue weighted by molar-refractivity contribution is 0.566. The normalized spacial score (nSPS) is 16.1. The number of sulfone groups is 1. The molecule has 3 rings (SSSR count). The summed E-state index contributed by atoms with van der Waals surface area (Å²) >= 11 is 0. The molecule has 0 amide bonds. The molecule has 1 atom stereocenters. The smallest absolute Gasteiger partial charge is 0.224 e. The molecule has 0 fully saturated rings. The lowest BCUT2D eigenvalue weighted by atomic mass is 9.92. The van der Waals surface area contributed by atoms with Gasteiger partial charge in [0.05, 0.1) is 9.79 Å². The van der Waals surface area contributed by atoms with Gasteiger partial charge < -0.3 is 0 Å². The molecule has 5 nitrogen and oxygen atoms in total. The third-order valence-electron chi connectivity index (χ3n) is 4.77. The first-order valence-electron chi connectivity index (χ1n) is 8.61. The fourth-order valence-corrected chi connectivity index (χ4v) is 5.16. The molecule has 0 saturated carbocycles. The molecule has 0 radical (unpaired) electrons. The number of nitrogens with one attached hydrogen (secondary N) is 1. The number of hydrogen-bond acceptors (Lipinski definition) is 4. The zero-order chi connectivity index (χ0) is 18.9. The summed E-state index contributed by atoms with van der Waals surface area (Å²) in [5.41, 5.74) is 3.06. The van der Waals surface area contributed by atoms with Crippen LogP contribution in [-0.2, 0) is 32.7 Å². The van der Waals surface area contributed by atoms with Crippen LogP contribution < -0.4 is 4.72 Å². The number of rotatable bonds is 5. The van der Waals surface area contributed by atoms with Gasteiger partial charge in [0.1, 0.15) is 0 Å². The molecule has 1 aliphatic rings. The summed E-state index contributed by atoms with van der Waals surface area (Å²) in [4.78, 5) is 0.490. The van der Waals surface area contributed by atoms with Crippen LogP contribution in [0.3, 0.4) is 0 Å². The first-order valence-corrected chi connectivity index (χ1v) is 12.0. The van der Waals surface area contributed by atoms with Crippen molar-refractivity contribution in [1.82, 2.24) is 4.72 Å². The van der Waals surface area contributed by atoms with E-state index in [9.17, 15) is 16.8 Å². The number of hydrogen-bond donors (Lipinski definition) is 1. The van der Waals surface area contributed by atoms with Crippen molar-refractivity contribution in [1.29, 1.82) is 0 Å². The second-order valence-electron chi connectivity index (χ2n) is 6.82. The van der Waals surface area contributed by atoms with Gasteiger partial charge in [-0.1, -0.05) is 18.2 Å². The molecule has 7 heteroatoms. The van der Waals surface area contributed by atoms with E-state index < -0.39 is 25.9 Å². The fourth-order valence-electron chi connectivity index (χ4n) is 3.25. The molecule has 0 saturated heterocycles. The maximum atomic E-state index is 12.7. The predicted molar refractivity (Wildman–Crippen MR) is 101 cm³/mol. The minimum Gasteiger partial charge on any atom is -0.224 e. The van der Waals surface area contributed by atoms with Gasteiger partial charge in [-0.2, -0.15) is 0 Å². The maximum Gasteiger partial charge on any atom is 0.241 e. The van der Waals surface area contributed by atoms with E-state index in [0.717, 1.165) is 37.5 Å². The van der Waals surface area contributed by atoms with Gasteiger partial charge in [0.15, 0.2) is 9.84 Å². The average molecular weight is 394 g/mol. The lowest BCUT2D eigenvalue weighted by Crippen LogP contribution is -2.27. The van der Waals surface area contributed by atoms with Crippen molar-refractivity contribution in [3.8, 4) is 0 Å². The SMILES string of the molecule is C[C@@H](NS(=O)(=O)c1ccc2c(c1)CCCC2)c1ccc(S(C)(=O)=O)cc1. The van der Waals surface area contributed by atoms with Gasteiger partial charge in [-0.25, -0.2) is 21.6 Å². The Balaban J connectivity index is 1.80. The van der Waals surface area contributed by atoms with Gasteiger partial charge in [-0.3, -0.25) is 0 Å². The molecule has 26 heavy (non-hydrogen) atoms. The van der Waals surface area contributed by atoms with Gasteiger partial charge in [-0.15, -0.1) is 0 Å². The summed E-state index contributed by atoms with van der Waals surface area (Å²) < 4.78 is 51.2. The van der Waals surface area contributed by atoms with Crippen molar-refractivity contribution in [2.75, 3.05) is 6.26 Å². The average Bonchev–Trinajstić information content (AvgIpc) is 2.60. The summed E-state index contributed by atoms with van der Waals surface area (Å²) in [5, 5.41) is 0. The molecule has 0 aromatic heterocycles. The highest BCUT2D eigenvalue weighted by Crippen LogP contribution is 2.25. The van der Waals surface area contributed by atoms with Crippen LogP contribution in [0.2, 0.25) is 0 Å². The first-order chi connectivity index (χ1) is 12.2. The van der Waals surface area contributed by atoms with Crippen LogP contribution >= 0.6 is 0 Å². The molecule has 140 valence electrons. The standard InChI is InChI=1S/C19H23NO4S2/c1-14(15-7-10-18(11-8-15)25(2,21)22)20-26(23,24)19-12-9-16-5-3-4-6-17(16)13-19/h7-14,20H,3-6H2,1-2H3/t14-/m1/s1. The van der Waals surface area contributed by atoms with Crippen LogP contribution in [0, 0.1) is 0 Å². The highest BCUT2D eigenvalue weighted by Gasteiger charge is 2.21. The quantitative estimate of drug-likeness (QED) is 0.847. The molecule has 0 unspecified atom stereocenters. The van der Waals surface area contributed by atoms with Crippen molar-refractivity contribution in [3.05, 3.63) is 59.2 Å². The zero-order valence-electron chi connectivity index (χ0n) is 14.9. The maximum absolute atomic E-state index is 12.7. The zero-order valence-corrected chi connectivity index (χ0v) is 16.5. The molecular formula is C19H23NO4S2. The number of fused-ring (bicyclic) bond motifs is 1. The highest BCUT2D eigenvalue weighted by molar-refractivity contribution is 7.90. The van der Waals surface area contributed by atoms with Crippen LogP contribution in [0.4, 0.5) is 0 Å². The second-order valence-corrected chi connectivity index (χ2v) is 10.6. The van der Waals surface area contributed by atoms with Gasteiger partial charge in [-0.05, 0) is 73.6 Å². The van der Waals surface area contributed by atoms with Crippen LogP contribution in [0.1, 0.15) is 42.5 Å². The second kappa shape index (κ2) is 7.13. The van der Waals surface area contributed by atoms with E-state index in [1.807, 2.05) is 6.07 Å². The van der Waals surface area contributed by atoms with Gasteiger partial charge in [0, 0.05) is 12.3 Å². The van der Waals surface area contributed by atoms with Crippen LogP contribution in [-0.4, -0.2) is 23.1 Å². The van der Waals surface area contributed by atoms with Gasteiger partial charge in [0.2, 0.25) is 10.0 Å². The third-order valence-corrected chi connectivity index (χ3v) is 7.44. The van der Waals surface area contributed by atoms with E-state index in [0.29, 0.717) is 5.56 Å². The topological polar surface area (TPSA) is 80.3 Å². The predicted octanol–water partition coefficient (Wildman–Crippen LogP) is 3.01. The fraction of sp³-hybridized carbons (Fsp3) is 0.368. The van der Waals surface area contributed by atoms with Crippen molar-refractivity contribution in [2.45, 2.75) is 48.4 Å². The Morgan fingerprint density at radius 2 is 1.42 bits per heavy atom. The molecule has 0 aliphatic heterocycles.